The Morgan fingerprint density at radius 3 is 3.07 bits per heavy atom. The molecule has 1 aromatic carbocycles. The minimum absolute atomic E-state index is 0.185. The van der Waals surface area contributed by atoms with Gasteiger partial charge in [-0.2, -0.15) is 0 Å². The number of hydrogen-bond acceptors (Lipinski definition) is 5. The van der Waals surface area contributed by atoms with Gasteiger partial charge in [-0.15, -0.1) is 0 Å². The topological polar surface area (TPSA) is 52.0 Å². The molecule has 2 aliphatic heterocycles. The molecule has 0 bridgehead atoms. The number of fused-ring (bicyclic) bond motifs is 1. The molecule has 2 aromatic rings. The second-order valence-electron chi connectivity index (χ2n) is 7.87. The highest BCUT2D eigenvalue weighted by molar-refractivity contribution is 5.83. The van der Waals surface area contributed by atoms with Crippen LogP contribution in [0.3, 0.4) is 0 Å². The predicted molar refractivity (Wildman–Crippen MR) is 114 cm³/mol. The van der Waals surface area contributed by atoms with Crippen molar-refractivity contribution < 1.29 is 4.79 Å². The van der Waals surface area contributed by atoms with Crippen LogP contribution in [-0.4, -0.2) is 79.3 Å². The third-order valence-corrected chi connectivity index (χ3v) is 6.09. The van der Waals surface area contributed by atoms with Gasteiger partial charge in [0, 0.05) is 63.3 Å². The lowest BCUT2D eigenvalue weighted by Crippen LogP contribution is -2.43. The Hall–Kier alpha value is -2.47. The minimum Gasteiger partial charge on any atom is -0.370 e. The van der Waals surface area contributed by atoms with E-state index in [4.69, 9.17) is 0 Å². The van der Waals surface area contributed by atoms with Crippen molar-refractivity contribution >= 4 is 28.7 Å². The van der Waals surface area contributed by atoms with E-state index in [9.17, 15) is 4.79 Å². The van der Waals surface area contributed by atoms with E-state index in [2.05, 4.69) is 51.1 Å². The van der Waals surface area contributed by atoms with Gasteiger partial charge in [-0.1, -0.05) is 6.07 Å². The number of anilines is 1. The molecule has 0 spiro atoms. The van der Waals surface area contributed by atoms with Crippen LogP contribution in [0, 0.1) is 0 Å². The van der Waals surface area contributed by atoms with E-state index in [1.165, 1.54) is 5.69 Å². The summed E-state index contributed by atoms with van der Waals surface area (Å²) in [6, 6.07) is 11.1. The molecule has 1 amide bonds. The van der Waals surface area contributed by atoms with Crippen molar-refractivity contribution in [1.82, 2.24) is 14.8 Å². The van der Waals surface area contributed by atoms with Crippen LogP contribution in [0.5, 0.6) is 0 Å². The van der Waals surface area contributed by atoms with Crippen LogP contribution in [-0.2, 0) is 4.79 Å². The van der Waals surface area contributed by atoms with E-state index in [1.807, 2.05) is 23.4 Å². The predicted octanol–water partition coefficient (Wildman–Crippen LogP) is 2.44. The summed E-state index contributed by atoms with van der Waals surface area (Å²) in [6.07, 6.45) is 6.93. The van der Waals surface area contributed by atoms with Crippen LogP contribution >= 0.6 is 0 Å². The number of rotatable bonds is 5. The van der Waals surface area contributed by atoms with Crippen molar-refractivity contribution in [2.75, 3.05) is 45.2 Å². The highest BCUT2D eigenvalue weighted by Crippen LogP contribution is 2.25. The van der Waals surface area contributed by atoms with Gasteiger partial charge in [0.25, 0.3) is 0 Å². The zero-order chi connectivity index (χ0) is 19.5. The Kier molecular flexibility index (Phi) is 5.57. The number of carbonyl (C=O) groups is 1. The number of likely N-dealkylation sites (tertiary alicyclic amines) is 2. The first-order valence-electron chi connectivity index (χ1n) is 10.2. The largest absolute Gasteiger partial charge is 0.370 e. The monoisotopic (exact) mass is 379 g/mol. The molecule has 0 saturated carbocycles. The molecular weight excluding hydrogens is 350 g/mol. The van der Waals surface area contributed by atoms with Crippen LogP contribution < -0.4 is 4.90 Å². The highest BCUT2D eigenvalue weighted by Gasteiger charge is 2.32. The summed E-state index contributed by atoms with van der Waals surface area (Å²) in [6.45, 7) is 3.27. The molecule has 2 fully saturated rings. The third kappa shape index (κ3) is 3.87. The quantitative estimate of drug-likeness (QED) is 0.749. The Labute approximate surface area is 166 Å². The number of amides is 1. The zero-order valence-electron chi connectivity index (χ0n) is 16.8. The summed E-state index contributed by atoms with van der Waals surface area (Å²) in [5.74, 6) is 0.238. The summed E-state index contributed by atoms with van der Waals surface area (Å²) >= 11 is 0. The molecule has 28 heavy (non-hydrogen) atoms. The van der Waals surface area contributed by atoms with E-state index in [0.717, 1.165) is 49.8 Å². The van der Waals surface area contributed by atoms with Crippen LogP contribution in [0.25, 0.3) is 10.9 Å². The summed E-state index contributed by atoms with van der Waals surface area (Å²) in [7, 11) is 3.94. The first-order chi connectivity index (χ1) is 13.7. The fraction of sp³-hybridized carbons (Fsp3) is 0.500. The van der Waals surface area contributed by atoms with Crippen molar-refractivity contribution in [2.45, 2.75) is 31.3 Å². The first-order valence-corrected chi connectivity index (χ1v) is 10.2. The molecule has 6 heteroatoms. The average molecular weight is 380 g/mol. The molecule has 2 saturated heterocycles. The van der Waals surface area contributed by atoms with Crippen LogP contribution in [0.4, 0.5) is 5.69 Å². The zero-order valence-corrected chi connectivity index (χ0v) is 16.8. The number of aromatic nitrogens is 1. The summed E-state index contributed by atoms with van der Waals surface area (Å²) in [4.78, 5) is 28.0. The van der Waals surface area contributed by atoms with Crippen LogP contribution in [0.1, 0.15) is 19.3 Å². The summed E-state index contributed by atoms with van der Waals surface area (Å²) in [5.41, 5.74) is 2.23. The second-order valence-corrected chi connectivity index (χ2v) is 7.87. The van der Waals surface area contributed by atoms with E-state index in [0.29, 0.717) is 12.6 Å². The van der Waals surface area contributed by atoms with Gasteiger partial charge in [-0.25, -0.2) is 0 Å². The molecule has 4 rings (SSSR count). The Morgan fingerprint density at radius 2 is 2.21 bits per heavy atom. The van der Waals surface area contributed by atoms with Gasteiger partial charge in [0.05, 0.1) is 18.1 Å². The average Bonchev–Trinajstić information content (AvgIpc) is 3.37. The van der Waals surface area contributed by atoms with E-state index in [1.54, 1.807) is 7.05 Å². The maximum Gasteiger partial charge on any atom is 0.237 e. The SMILES string of the molecule is CN=C[C@@H]1CCCN1C(=O)CN1CC[C@@H](N(C)c2ccc3ncccc3c2)C1. The molecule has 148 valence electrons. The van der Waals surface area contributed by atoms with Gasteiger partial charge >= 0.3 is 0 Å². The van der Waals surface area contributed by atoms with Crippen molar-refractivity contribution in [3.63, 3.8) is 0 Å². The van der Waals surface area contributed by atoms with Crippen LogP contribution in [0.15, 0.2) is 41.5 Å². The van der Waals surface area contributed by atoms with E-state index < -0.39 is 0 Å². The van der Waals surface area contributed by atoms with Crippen molar-refractivity contribution in [3.05, 3.63) is 36.5 Å². The van der Waals surface area contributed by atoms with Gasteiger partial charge in [-0.05, 0) is 43.5 Å². The normalized spacial score (nSPS) is 23.1. The van der Waals surface area contributed by atoms with Crippen molar-refractivity contribution in [1.29, 1.82) is 0 Å². The lowest BCUT2D eigenvalue weighted by molar-refractivity contribution is -0.131. The summed E-state index contributed by atoms with van der Waals surface area (Å²) in [5, 5.41) is 1.16. The Bertz CT molecular complexity index is 867. The molecule has 2 atom stereocenters. The van der Waals surface area contributed by atoms with Gasteiger partial charge in [-0.3, -0.25) is 19.7 Å². The van der Waals surface area contributed by atoms with E-state index >= 15 is 0 Å². The Morgan fingerprint density at radius 1 is 1.32 bits per heavy atom. The van der Waals surface area contributed by atoms with Crippen molar-refractivity contribution in [3.8, 4) is 0 Å². The first kappa shape index (κ1) is 18.9. The number of benzene rings is 1. The fourth-order valence-corrected chi connectivity index (χ4v) is 4.48. The molecular formula is C22H29N5O. The molecule has 0 aliphatic carbocycles. The van der Waals surface area contributed by atoms with Gasteiger partial charge < -0.3 is 9.80 Å². The number of nitrogens with zero attached hydrogens (tertiary/aromatic N) is 5. The maximum absolute atomic E-state index is 12.8. The number of pyridine rings is 1. The lowest BCUT2D eigenvalue weighted by atomic mass is 10.1. The Balaban J connectivity index is 1.37. The molecule has 2 aliphatic rings. The number of aliphatic imine (C=N–C) groups is 1. The number of carbonyl (C=O) groups excluding carboxylic acids is 1. The number of likely N-dealkylation sites (N-methyl/N-ethyl adjacent to an activating group) is 1. The van der Waals surface area contributed by atoms with Gasteiger partial charge in [0.1, 0.15) is 0 Å². The van der Waals surface area contributed by atoms with Gasteiger partial charge in [0.15, 0.2) is 0 Å². The molecule has 0 N–H and O–H groups in total. The molecule has 0 radical (unpaired) electrons. The standard InChI is InChI=1S/C22H29N5O/c1-23-14-19-6-4-11-27(19)22(28)16-26-12-9-20(15-26)25(2)18-7-8-21-17(13-18)5-3-10-24-21/h3,5,7-8,10,13-14,19-20H,4,6,9,11-12,15-16H2,1-2H3/t19-,20+/m0/s1. The molecule has 1 aromatic heterocycles. The number of hydrogen-bond donors (Lipinski definition) is 0. The molecule has 3 heterocycles. The molecule has 6 nitrogen and oxygen atoms in total. The van der Waals surface area contributed by atoms with Gasteiger partial charge in [0.2, 0.25) is 5.91 Å². The molecule has 0 unspecified atom stereocenters. The van der Waals surface area contributed by atoms with Crippen molar-refractivity contribution in [2.24, 2.45) is 4.99 Å². The highest BCUT2D eigenvalue weighted by atomic mass is 16.2. The van der Waals surface area contributed by atoms with E-state index in [-0.39, 0.29) is 11.9 Å². The maximum atomic E-state index is 12.8. The lowest BCUT2D eigenvalue weighted by Gasteiger charge is -2.28. The summed E-state index contributed by atoms with van der Waals surface area (Å²) < 4.78 is 0. The second kappa shape index (κ2) is 8.27. The van der Waals surface area contributed by atoms with Crippen LogP contribution in [0.2, 0.25) is 0 Å². The fourth-order valence-electron chi connectivity index (χ4n) is 4.48. The third-order valence-electron chi connectivity index (χ3n) is 6.09. The minimum atomic E-state index is 0.185. The smallest absolute Gasteiger partial charge is 0.237 e.